The first-order chi connectivity index (χ1) is 2.89. The van der Waals surface area contributed by atoms with Crippen LogP contribution in [0.25, 0.3) is 0 Å². The minimum absolute atomic E-state index is 0. The van der Waals surface area contributed by atoms with E-state index in [1.165, 1.54) is 0 Å². The van der Waals surface area contributed by atoms with Gasteiger partial charge in [-0.3, -0.25) is 4.99 Å². The Hall–Kier alpha value is -0.530. The maximum atomic E-state index is 4.04. The standard InChI is InChI=1S/C4H8N2.H2/c1-4-5-2-3-6-4;/h2-3H2,1H3,(H,5,6);1H. The molecule has 0 spiro atoms. The SMILES string of the molecule is CC1=NCCN1.[HH]. The van der Waals surface area contributed by atoms with E-state index in [9.17, 15) is 0 Å². The lowest BCUT2D eigenvalue weighted by Crippen LogP contribution is -2.13. The lowest BCUT2D eigenvalue weighted by Gasteiger charge is -1.85. The van der Waals surface area contributed by atoms with Crippen molar-refractivity contribution < 1.29 is 1.43 Å². The molecule has 36 valence electrons. The maximum Gasteiger partial charge on any atom is 0.0933 e. The molecule has 0 fully saturated rings. The van der Waals surface area contributed by atoms with Crippen LogP contribution in [0.4, 0.5) is 0 Å². The first-order valence-corrected chi connectivity index (χ1v) is 2.14. The zero-order valence-corrected chi connectivity index (χ0v) is 3.86. The highest BCUT2D eigenvalue weighted by Crippen LogP contribution is 1.79. The van der Waals surface area contributed by atoms with Crippen LogP contribution >= 0.6 is 0 Å². The number of nitrogens with one attached hydrogen (secondary N) is 1. The van der Waals surface area contributed by atoms with Crippen LogP contribution in [0.1, 0.15) is 8.35 Å². The van der Waals surface area contributed by atoms with E-state index in [0.29, 0.717) is 0 Å². The van der Waals surface area contributed by atoms with Gasteiger partial charge in [0, 0.05) is 7.97 Å². The minimum atomic E-state index is 0. The van der Waals surface area contributed by atoms with Crippen LogP contribution in [0.3, 0.4) is 0 Å². The fourth-order valence-corrected chi connectivity index (χ4v) is 0.516. The Bertz CT molecular complexity index is 79.8. The highest BCUT2D eigenvalue weighted by Gasteiger charge is 1.93. The first kappa shape index (κ1) is 3.65. The summed E-state index contributed by atoms with van der Waals surface area (Å²) >= 11 is 0. The molecule has 0 aromatic carbocycles. The second kappa shape index (κ2) is 1.29. The lowest BCUT2D eigenvalue weighted by molar-refractivity contribution is 0.958. The Labute approximate surface area is 38.8 Å². The fourth-order valence-electron chi connectivity index (χ4n) is 0.516. The molecule has 6 heavy (non-hydrogen) atoms. The molecular formula is C4H10N2. The van der Waals surface area contributed by atoms with E-state index in [1.54, 1.807) is 0 Å². The smallest absolute Gasteiger partial charge is 0.0933 e. The van der Waals surface area contributed by atoms with Crippen molar-refractivity contribution in [1.82, 2.24) is 5.32 Å². The highest BCUT2D eigenvalue weighted by atomic mass is 15.0. The zero-order chi connectivity index (χ0) is 4.41. The van der Waals surface area contributed by atoms with Crippen LogP contribution in [0.5, 0.6) is 0 Å². The van der Waals surface area contributed by atoms with E-state index in [-0.39, 0.29) is 1.43 Å². The lowest BCUT2D eigenvalue weighted by atomic mass is 10.7. The van der Waals surface area contributed by atoms with Gasteiger partial charge in [-0.05, 0) is 6.92 Å². The average Bonchev–Trinajstić information content (AvgIpc) is 1.86. The Balaban J connectivity index is 0.000000360. The van der Waals surface area contributed by atoms with Crippen LogP contribution in [-0.4, -0.2) is 18.9 Å². The van der Waals surface area contributed by atoms with Gasteiger partial charge in [-0.2, -0.15) is 0 Å². The molecule has 0 radical (unpaired) electrons. The van der Waals surface area contributed by atoms with E-state index in [2.05, 4.69) is 10.3 Å². The molecule has 0 atom stereocenters. The molecule has 1 rings (SSSR count). The van der Waals surface area contributed by atoms with E-state index < -0.39 is 0 Å². The normalized spacial score (nSPS) is 19.8. The molecule has 0 bridgehead atoms. The van der Waals surface area contributed by atoms with Crippen molar-refractivity contribution in [2.75, 3.05) is 13.1 Å². The predicted molar refractivity (Wildman–Crippen MR) is 28.1 cm³/mol. The van der Waals surface area contributed by atoms with Crippen LogP contribution < -0.4 is 5.32 Å². The Morgan fingerprint density at radius 2 is 2.83 bits per heavy atom. The second-order valence-corrected chi connectivity index (χ2v) is 1.39. The first-order valence-electron chi connectivity index (χ1n) is 2.14. The summed E-state index contributed by atoms with van der Waals surface area (Å²) in [6.45, 7) is 3.98. The molecule has 0 aromatic rings. The van der Waals surface area contributed by atoms with Crippen molar-refractivity contribution in [2.45, 2.75) is 6.92 Å². The largest absolute Gasteiger partial charge is 0.372 e. The van der Waals surface area contributed by atoms with E-state index >= 15 is 0 Å². The molecule has 0 aliphatic carbocycles. The minimum Gasteiger partial charge on any atom is -0.372 e. The summed E-state index contributed by atoms with van der Waals surface area (Å²) in [7, 11) is 0. The summed E-state index contributed by atoms with van der Waals surface area (Å²) in [6.07, 6.45) is 0. The summed E-state index contributed by atoms with van der Waals surface area (Å²) in [6, 6.07) is 0. The predicted octanol–water partition coefficient (Wildman–Crippen LogP) is 0.254. The van der Waals surface area contributed by atoms with E-state index in [4.69, 9.17) is 0 Å². The Kier molecular flexibility index (Phi) is 0.783. The molecule has 1 aliphatic rings. The summed E-state index contributed by atoms with van der Waals surface area (Å²) in [5.41, 5.74) is 0. The van der Waals surface area contributed by atoms with Gasteiger partial charge in [0.25, 0.3) is 0 Å². The summed E-state index contributed by atoms with van der Waals surface area (Å²) in [5.74, 6) is 1.08. The number of amidine groups is 1. The molecular weight excluding hydrogens is 76.1 g/mol. The van der Waals surface area contributed by atoms with Gasteiger partial charge in [-0.1, -0.05) is 0 Å². The van der Waals surface area contributed by atoms with Gasteiger partial charge < -0.3 is 5.32 Å². The summed E-state index contributed by atoms with van der Waals surface area (Å²) in [4.78, 5) is 4.04. The van der Waals surface area contributed by atoms with Crippen LogP contribution in [0.2, 0.25) is 0 Å². The molecule has 0 saturated carbocycles. The van der Waals surface area contributed by atoms with Crippen molar-refractivity contribution in [3.05, 3.63) is 0 Å². The molecule has 1 N–H and O–H groups in total. The molecule has 1 heterocycles. The van der Waals surface area contributed by atoms with Crippen molar-refractivity contribution in [2.24, 2.45) is 4.99 Å². The van der Waals surface area contributed by atoms with Gasteiger partial charge in [0.2, 0.25) is 0 Å². The molecule has 1 aliphatic heterocycles. The summed E-state index contributed by atoms with van der Waals surface area (Å²) in [5, 5.41) is 3.07. The third-order valence-electron chi connectivity index (χ3n) is 0.842. The third kappa shape index (κ3) is 0.506. The number of hydrogen-bond donors (Lipinski definition) is 1. The molecule has 0 amide bonds. The Morgan fingerprint density at radius 3 is 3.00 bits per heavy atom. The van der Waals surface area contributed by atoms with Crippen LogP contribution in [0.15, 0.2) is 4.99 Å². The second-order valence-electron chi connectivity index (χ2n) is 1.39. The molecule has 0 unspecified atom stereocenters. The number of rotatable bonds is 0. The van der Waals surface area contributed by atoms with Gasteiger partial charge in [0.05, 0.1) is 12.4 Å². The fraction of sp³-hybridized carbons (Fsp3) is 0.750. The molecule has 0 saturated heterocycles. The molecule has 2 heteroatoms. The highest BCUT2D eigenvalue weighted by molar-refractivity contribution is 5.80. The van der Waals surface area contributed by atoms with Gasteiger partial charge in [-0.15, -0.1) is 0 Å². The van der Waals surface area contributed by atoms with Gasteiger partial charge >= 0.3 is 0 Å². The average molecular weight is 86.1 g/mol. The number of hydrogen-bond acceptors (Lipinski definition) is 2. The van der Waals surface area contributed by atoms with E-state index in [1.807, 2.05) is 6.92 Å². The van der Waals surface area contributed by atoms with Crippen LogP contribution in [-0.2, 0) is 0 Å². The Morgan fingerprint density at radius 1 is 2.00 bits per heavy atom. The summed E-state index contributed by atoms with van der Waals surface area (Å²) < 4.78 is 0. The van der Waals surface area contributed by atoms with Gasteiger partial charge in [0.15, 0.2) is 0 Å². The third-order valence-corrected chi connectivity index (χ3v) is 0.842. The monoisotopic (exact) mass is 86.1 g/mol. The maximum absolute atomic E-state index is 4.04. The topological polar surface area (TPSA) is 24.4 Å². The van der Waals surface area contributed by atoms with Crippen molar-refractivity contribution >= 4 is 5.84 Å². The van der Waals surface area contributed by atoms with Crippen LogP contribution in [0, 0.1) is 0 Å². The molecule has 2 nitrogen and oxygen atoms in total. The quantitative estimate of drug-likeness (QED) is 0.449. The van der Waals surface area contributed by atoms with E-state index in [0.717, 1.165) is 18.9 Å². The van der Waals surface area contributed by atoms with Crippen molar-refractivity contribution in [3.63, 3.8) is 0 Å². The van der Waals surface area contributed by atoms with Crippen molar-refractivity contribution in [3.8, 4) is 0 Å². The molecule has 0 aromatic heterocycles. The van der Waals surface area contributed by atoms with Crippen molar-refractivity contribution in [1.29, 1.82) is 0 Å². The zero-order valence-electron chi connectivity index (χ0n) is 3.86. The number of aliphatic imine (C=N–C) groups is 1. The number of nitrogens with zero attached hydrogens (tertiary/aromatic N) is 1. The van der Waals surface area contributed by atoms with Gasteiger partial charge in [0.1, 0.15) is 0 Å². The van der Waals surface area contributed by atoms with Gasteiger partial charge in [-0.25, -0.2) is 0 Å².